The Morgan fingerprint density at radius 1 is 0.900 bits per heavy atom. The molecular formula is C38H50N2. The van der Waals surface area contributed by atoms with Gasteiger partial charge in [-0.3, -0.25) is 4.98 Å². The van der Waals surface area contributed by atoms with Crippen molar-refractivity contribution in [1.82, 2.24) is 4.98 Å². The van der Waals surface area contributed by atoms with Gasteiger partial charge in [-0.15, -0.1) is 0 Å². The van der Waals surface area contributed by atoms with E-state index in [9.17, 15) is 0 Å². The molecule has 0 spiro atoms. The summed E-state index contributed by atoms with van der Waals surface area (Å²) < 4.78 is 0. The quantitative estimate of drug-likeness (QED) is 0.271. The largest absolute Gasteiger partial charge is 0.345 e. The third-order valence-corrected chi connectivity index (χ3v) is 9.80. The van der Waals surface area contributed by atoms with Crippen LogP contribution in [0.2, 0.25) is 0 Å². The number of hydrogen-bond donors (Lipinski definition) is 0. The van der Waals surface area contributed by atoms with Crippen molar-refractivity contribution in [1.29, 1.82) is 0 Å². The number of hydrogen-bond acceptors (Lipinski definition) is 2. The van der Waals surface area contributed by atoms with Crippen LogP contribution in [-0.4, -0.2) is 11.5 Å². The Bertz CT molecular complexity index is 1260. The fourth-order valence-corrected chi connectivity index (χ4v) is 7.12. The molecule has 2 saturated carbocycles. The molecule has 40 heavy (non-hydrogen) atoms. The van der Waals surface area contributed by atoms with Crippen molar-refractivity contribution in [3.63, 3.8) is 0 Å². The van der Waals surface area contributed by atoms with Crippen LogP contribution in [0.1, 0.15) is 113 Å². The van der Waals surface area contributed by atoms with E-state index in [0.29, 0.717) is 23.7 Å². The van der Waals surface area contributed by atoms with Crippen LogP contribution in [0.3, 0.4) is 0 Å². The third kappa shape index (κ3) is 6.70. The Labute approximate surface area is 243 Å². The van der Waals surface area contributed by atoms with Crippen molar-refractivity contribution in [2.24, 2.45) is 11.8 Å². The van der Waals surface area contributed by atoms with Gasteiger partial charge in [0.25, 0.3) is 0 Å². The minimum Gasteiger partial charge on any atom is -0.345 e. The molecule has 0 amide bonds. The standard InChI is InChI=1S/C38H50N2/c1-6-31-19-20-35(23-28(31)4)33-17-15-30(16-18-33)26-40(29(5)32-11-8-7-9-12-32)37-14-10-13-34(24-37)36-21-22-38(27(2)3)39-25-36/h10,13-14,19-25,27,30,32-33H,5-9,11-12,15-18,26H2,1-4H3. The molecule has 0 radical (unpaired) electrons. The minimum atomic E-state index is 0.449. The highest BCUT2D eigenvalue weighted by molar-refractivity contribution is 5.69. The van der Waals surface area contributed by atoms with E-state index >= 15 is 0 Å². The van der Waals surface area contributed by atoms with E-state index in [2.05, 4.69) is 87.2 Å². The Morgan fingerprint density at radius 3 is 2.33 bits per heavy atom. The van der Waals surface area contributed by atoms with E-state index < -0.39 is 0 Å². The predicted octanol–water partition coefficient (Wildman–Crippen LogP) is 10.6. The number of aromatic nitrogens is 1. The molecule has 2 aliphatic rings. The van der Waals surface area contributed by atoms with Crippen LogP contribution in [0.4, 0.5) is 5.69 Å². The fourth-order valence-electron chi connectivity index (χ4n) is 7.12. The maximum Gasteiger partial charge on any atom is 0.0429 e. The van der Waals surface area contributed by atoms with Gasteiger partial charge in [-0.1, -0.05) is 83.0 Å². The van der Waals surface area contributed by atoms with Gasteiger partial charge in [0.2, 0.25) is 0 Å². The second kappa shape index (κ2) is 13.2. The van der Waals surface area contributed by atoms with Crippen molar-refractivity contribution in [2.45, 2.75) is 104 Å². The van der Waals surface area contributed by atoms with Crippen molar-refractivity contribution >= 4 is 5.69 Å². The first kappa shape index (κ1) is 28.7. The monoisotopic (exact) mass is 534 g/mol. The van der Waals surface area contributed by atoms with Crippen LogP contribution in [0.25, 0.3) is 11.1 Å². The van der Waals surface area contributed by atoms with Gasteiger partial charge in [-0.2, -0.15) is 0 Å². The Balaban J connectivity index is 1.33. The van der Waals surface area contributed by atoms with E-state index in [1.807, 2.05) is 6.20 Å². The molecule has 0 atom stereocenters. The van der Waals surface area contributed by atoms with Gasteiger partial charge in [0, 0.05) is 35.4 Å². The Kier molecular flexibility index (Phi) is 9.45. The first-order valence-corrected chi connectivity index (χ1v) is 16.0. The summed E-state index contributed by atoms with van der Waals surface area (Å²) in [6, 6.07) is 20.8. The molecule has 2 heteroatoms. The molecule has 0 aliphatic heterocycles. The summed E-state index contributed by atoms with van der Waals surface area (Å²) in [4.78, 5) is 7.36. The predicted molar refractivity (Wildman–Crippen MR) is 172 cm³/mol. The summed E-state index contributed by atoms with van der Waals surface area (Å²) in [5, 5.41) is 0. The first-order valence-electron chi connectivity index (χ1n) is 16.0. The van der Waals surface area contributed by atoms with Gasteiger partial charge in [0.1, 0.15) is 0 Å². The molecule has 2 nitrogen and oxygen atoms in total. The highest BCUT2D eigenvalue weighted by Gasteiger charge is 2.28. The van der Waals surface area contributed by atoms with E-state index in [-0.39, 0.29) is 0 Å². The van der Waals surface area contributed by atoms with Crippen LogP contribution in [0, 0.1) is 18.8 Å². The molecule has 1 heterocycles. The molecule has 0 N–H and O–H groups in total. The van der Waals surface area contributed by atoms with E-state index in [1.54, 1.807) is 5.56 Å². The maximum atomic E-state index is 4.76. The zero-order chi connectivity index (χ0) is 28.1. The highest BCUT2D eigenvalue weighted by Crippen LogP contribution is 2.40. The first-order chi connectivity index (χ1) is 19.4. The van der Waals surface area contributed by atoms with Gasteiger partial charge >= 0.3 is 0 Å². The molecule has 5 rings (SSSR count). The molecule has 2 fully saturated rings. The molecule has 0 saturated heterocycles. The summed E-state index contributed by atoms with van der Waals surface area (Å²) >= 11 is 0. The van der Waals surface area contributed by atoms with E-state index in [0.717, 1.165) is 18.7 Å². The van der Waals surface area contributed by atoms with E-state index in [4.69, 9.17) is 11.6 Å². The minimum absolute atomic E-state index is 0.449. The molecule has 2 aromatic carbocycles. The number of allylic oxidation sites excluding steroid dienone is 1. The lowest BCUT2D eigenvalue weighted by molar-refractivity contribution is 0.323. The summed E-state index contributed by atoms with van der Waals surface area (Å²) in [5.41, 5.74) is 10.7. The van der Waals surface area contributed by atoms with Crippen molar-refractivity contribution in [2.75, 3.05) is 11.4 Å². The summed E-state index contributed by atoms with van der Waals surface area (Å²) in [6.45, 7) is 14.8. The SMILES string of the molecule is C=C(C1CCCCC1)N(CC1CCC(c2ccc(CC)c(C)c2)CC1)c1cccc(-c2ccc(C(C)C)nc2)c1. The number of aryl methyl sites for hydroxylation is 2. The summed E-state index contributed by atoms with van der Waals surface area (Å²) in [7, 11) is 0. The molecule has 3 aromatic rings. The van der Waals surface area contributed by atoms with Gasteiger partial charge < -0.3 is 4.90 Å². The number of nitrogens with zero attached hydrogens (tertiary/aromatic N) is 2. The van der Waals surface area contributed by atoms with Gasteiger partial charge in [-0.25, -0.2) is 0 Å². The molecule has 2 aliphatic carbocycles. The average molecular weight is 535 g/mol. The smallest absolute Gasteiger partial charge is 0.0429 e. The zero-order valence-electron chi connectivity index (χ0n) is 25.5. The normalized spacial score (nSPS) is 20.0. The van der Waals surface area contributed by atoms with Crippen molar-refractivity contribution in [3.8, 4) is 11.1 Å². The summed E-state index contributed by atoms with van der Waals surface area (Å²) in [5.74, 6) is 2.48. The van der Waals surface area contributed by atoms with Crippen LogP contribution in [0.5, 0.6) is 0 Å². The van der Waals surface area contributed by atoms with Crippen molar-refractivity contribution < 1.29 is 0 Å². The molecular weight excluding hydrogens is 484 g/mol. The van der Waals surface area contributed by atoms with Gasteiger partial charge in [-0.05, 0) is 116 Å². The lowest BCUT2D eigenvalue weighted by Gasteiger charge is -2.38. The van der Waals surface area contributed by atoms with E-state index in [1.165, 1.54) is 91.4 Å². The topological polar surface area (TPSA) is 16.1 Å². The maximum absolute atomic E-state index is 4.76. The Hall–Kier alpha value is -2.87. The number of benzene rings is 2. The highest BCUT2D eigenvalue weighted by atomic mass is 15.1. The summed E-state index contributed by atoms with van der Waals surface area (Å²) in [6.07, 6.45) is 15.0. The lowest BCUT2D eigenvalue weighted by Crippen LogP contribution is -2.33. The van der Waals surface area contributed by atoms with Gasteiger partial charge in [0.05, 0.1) is 0 Å². The second-order valence-corrected chi connectivity index (χ2v) is 12.9. The lowest BCUT2D eigenvalue weighted by atomic mass is 9.77. The molecule has 0 unspecified atom stereocenters. The van der Waals surface area contributed by atoms with Crippen LogP contribution >= 0.6 is 0 Å². The fraction of sp³-hybridized carbons (Fsp3) is 0.500. The number of pyridine rings is 1. The van der Waals surface area contributed by atoms with Crippen LogP contribution in [0.15, 0.2) is 73.1 Å². The Morgan fingerprint density at radius 2 is 1.68 bits per heavy atom. The molecule has 1 aromatic heterocycles. The van der Waals surface area contributed by atoms with Crippen LogP contribution < -0.4 is 4.90 Å². The third-order valence-electron chi connectivity index (χ3n) is 9.80. The van der Waals surface area contributed by atoms with Crippen molar-refractivity contribution in [3.05, 3.63) is 95.5 Å². The zero-order valence-corrected chi connectivity index (χ0v) is 25.5. The second-order valence-electron chi connectivity index (χ2n) is 12.9. The average Bonchev–Trinajstić information content (AvgIpc) is 3.00. The number of rotatable bonds is 9. The van der Waals surface area contributed by atoms with Crippen LogP contribution in [-0.2, 0) is 6.42 Å². The molecule has 0 bridgehead atoms. The number of anilines is 1. The molecule has 212 valence electrons. The van der Waals surface area contributed by atoms with Gasteiger partial charge in [0.15, 0.2) is 0 Å².